The topological polar surface area (TPSA) is 53.7 Å². The number of hydrogen-bond donors (Lipinski definition) is 1. The molecule has 0 radical (unpaired) electrons. The van der Waals surface area contributed by atoms with E-state index < -0.39 is 26.6 Å². The van der Waals surface area contributed by atoms with Crippen molar-refractivity contribution in [3.05, 3.63) is 29.8 Å². The van der Waals surface area contributed by atoms with E-state index in [0.717, 1.165) is 52.5 Å². The average Bonchev–Trinajstić information content (AvgIpc) is 2.88. The molecule has 0 aliphatic carbocycles. The maximum Gasteiger partial charge on any atom is 0.498 e. The Morgan fingerprint density at radius 2 is 1.53 bits per heavy atom. The van der Waals surface area contributed by atoms with Gasteiger partial charge in [-0.3, -0.25) is 0 Å². The minimum Gasteiger partial charge on any atom is -0.543 e. The van der Waals surface area contributed by atoms with Gasteiger partial charge in [0.15, 0.2) is 0 Å². The molecule has 6 heteroatoms. The molecular formula is C26H42BNO3Si. The molecule has 0 aromatic heterocycles. The van der Waals surface area contributed by atoms with Gasteiger partial charge in [0.05, 0.1) is 11.2 Å². The SMILES string of the molecule is CCCCc1c(B2OC(C)(C)C(C)(C)O2)c(O[Si](C)(C)C(C)(C)C)c2ccccc2c1N. The molecule has 0 amide bonds. The maximum absolute atomic E-state index is 7.06. The molecule has 1 aliphatic rings. The Kier molecular flexibility index (Phi) is 6.58. The Labute approximate surface area is 196 Å². The second kappa shape index (κ2) is 8.37. The number of nitrogens with two attached hydrogens (primary N) is 1. The molecule has 0 spiro atoms. The van der Waals surface area contributed by atoms with Crippen LogP contribution in [0.15, 0.2) is 24.3 Å². The summed E-state index contributed by atoms with van der Waals surface area (Å²) in [6.07, 6.45) is 3.02. The fourth-order valence-electron chi connectivity index (χ4n) is 3.86. The van der Waals surface area contributed by atoms with E-state index in [2.05, 4.69) is 86.7 Å². The van der Waals surface area contributed by atoms with E-state index in [9.17, 15) is 0 Å². The molecule has 0 unspecified atom stereocenters. The maximum atomic E-state index is 7.06. The number of nitrogen functional groups attached to an aromatic ring is 1. The van der Waals surface area contributed by atoms with Gasteiger partial charge in [-0.1, -0.05) is 58.4 Å². The van der Waals surface area contributed by atoms with Crippen molar-refractivity contribution in [3.63, 3.8) is 0 Å². The second-order valence-corrected chi connectivity index (χ2v) is 16.5. The normalized spacial score (nSPS) is 18.4. The smallest absolute Gasteiger partial charge is 0.498 e. The Morgan fingerprint density at radius 3 is 2.03 bits per heavy atom. The molecule has 2 aromatic rings. The van der Waals surface area contributed by atoms with Crippen molar-refractivity contribution in [1.29, 1.82) is 0 Å². The first kappa shape index (κ1) is 25.1. The van der Waals surface area contributed by atoms with Crippen molar-refractivity contribution in [2.45, 2.75) is 104 Å². The minimum absolute atomic E-state index is 0.0618. The summed E-state index contributed by atoms with van der Waals surface area (Å²) in [7, 11) is -2.66. The highest BCUT2D eigenvalue weighted by atomic mass is 28.4. The quantitative estimate of drug-likeness (QED) is 0.402. The van der Waals surface area contributed by atoms with E-state index >= 15 is 0 Å². The molecule has 4 nitrogen and oxygen atoms in total. The summed E-state index contributed by atoms with van der Waals surface area (Å²) in [4.78, 5) is 0. The first-order valence-electron chi connectivity index (χ1n) is 12.0. The summed E-state index contributed by atoms with van der Waals surface area (Å²) < 4.78 is 20.2. The van der Waals surface area contributed by atoms with E-state index in [-0.39, 0.29) is 5.04 Å². The lowest BCUT2D eigenvalue weighted by molar-refractivity contribution is 0.00578. The molecule has 32 heavy (non-hydrogen) atoms. The molecule has 3 rings (SSSR count). The third-order valence-corrected chi connectivity index (χ3v) is 12.1. The highest BCUT2D eigenvalue weighted by molar-refractivity contribution is 6.75. The highest BCUT2D eigenvalue weighted by Gasteiger charge is 2.54. The van der Waals surface area contributed by atoms with Gasteiger partial charge in [0.1, 0.15) is 5.75 Å². The predicted molar refractivity (Wildman–Crippen MR) is 141 cm³/mol. The van der Waals surface area contributed by atoms with Crippen LogP contribution < -0.4 is 15.6 Å². The summed E-state index contributed by atoms with van der Waals surface area (Å²) in [6, 6.07) is 8.33. The molecule has 0 atom stereocenters. The van der Waals surface area contributed by atoms with Gasteiger partial charge in [-0.25, -0.2) is 0 Å². The fourth-order valence-corrected chi connectivity index (χ4v) is 4.89. The van der Waals surface area contributed by atoms with Crippen molar-refractivity contribution in [2.75, 3.05) is 5.73 Å². The molecule has 2 aromatic carbocycles. The fraction of sp³-hybridized carbons (Fsp3) is 0.615. The lowest BCUT2D eigenvalue weighted by Gasteiger charge is -2.38. The van der Waals surface area contributed by atoms with Crippen LogP contribution in [0.1, 0.15) is 73.8 Å². The number of benzene rings is 2. The predicted octanol–water partition coefficient (Wildman–Crippen LogP) is 6.45. The molecule has 1 saturated heterocycles. The van der Waals surface area contributed by atoms with Gasteiger partial charge in [-0.05, 0) is 64.2 Å². The Morgan fingerprint density at radius 1 is 1.00 bits per heavy atom. The lowest BCUT2D eigenvalue weighted by atomic mass is 9.72. The number of anilines is 1. The van der Waals surface area contributed by atoms with Crippen molar-refractivity contribution in [1.82, 2.24) is 0 Å². The minimum atomic E-state index is -2.14. The first-order valence-corrected chi connectivity index (χ1v) is 14.9. The van der Waals surface area contributed by atoms with Gasteiger partial charge in [-0.15, -0.1) is 0 Å². The number of hydrogen-bond acceptors (Lipinski definition) is 4. The average molecular weight is 456 g/mol. The van der Waals surface area contributed by atoms with Crippen molar-refractivity contribution in [2.24, 2.45) is 0 Å². The summed E-state index contributed by atoms with van der Waals surface area (Å²) in [5.74, 6) is 0.894. The van der Waals surface area contributed by atoms with Crippen LogP contribution in [0.25, 0.3) is 10.8 Å². The molecule has 1 heterocycles. The van der Waals surface area contributed by atoms with Crippen LogP contribution in [0.4, 0.5) is 5.69 Å². The molecule has 1 fully saturated rings. The zero-order chi connectivity index (χ0) is 24.1. The van der Waals surface area contributed by atoms with Crippen LogP contribution in [-0.4, -0.2) is 26.6 Å². The van der Waals surface area contributed by atoms with Crippen LogP contribution in [-0.2, 0) is 15.7 Å². The van der Waals surface area contributed by atoms with E-state index in [1.807, 2.05) is 6.07 Å². The number of rotatable bonds is 6. The van der Waals surface area contributed by atoms with Gasteiger partial charge in [0.2, 0.25) is 8.32 Å². The van der Waals surface area contributed by atoms with Crippen molar-refractivity contribution < 1.29 is 13.7 Å². The van der Waals surface area contributed by atoms with E-state index in [4.69, 9.17) is 19.5 Å². The molecule has 0 saturated carbocycles. The standard InChI is InChI=1S/C26H42BNO3Si/c1-11-12-15-20-21(27-30-25(5,6)26(7,8)31-27)23(29-32(9,10)24(2,3)4)19-17-14-13-16-18(19)22(20)28/h13-14,16-17H,11-12,15,28H2,1-10H3. The first-order chi connectivity index (χ1) is 14.6. The van der Waals surface area contributed by atoms with Crippen LogP contribution in [0.5, 0.6) is 5.75 Å². The highest BCUT2D eigenvalue weighted by Crippen LogP contribution is 2.43. The van der Waals surface area contributed by atoms with Crippen LogP contribution in [0.3, 0.4) is 0 Å². The summed E-state index contributed by atoms with van der Waals surface area (Å²) in [5.41, 5.74) is 8.87. The molecular weight excluding hydrogens is 413 g/mol. The van der Waals surface area contributed by atoms with Crippen LogP contribution in [0, 0.1) is 0 Å². The number of fused-ring (bicyclic) bond motifs is 1. The Balaban J connectivity index is 2.33. The van der Waals surface area contributed by atoms with Crippen LogP contribution >= 0.6 is 0 Å². The van der Waals surface area contributed by atoms with Gasteiger partial charge in [0, 0.05) is 21.9 Å². The van der Waals surface area contributed by atoms with Gasteiger partial charge in [0.25, 0.3) is 0 Å². The summed E-state index contributed by atoms with van der Waals surface area (Å²) >= 11 is 0. The van der Waals surface area contributed by atoms with Crippen LogP contribution in [0.2, 0.25) is 18.1 Å². The molecule has 0 bridgehead atoms. The van der Waals surface area contributed by atoms with Crippen molar-refractivity contribution in [3.8, 4) is 5.75 Å². The van der Waals surface area contributed by atoms with Gasteiger partial charge >= 0.3 is 7.12 Å². The third kappa shape index (κ3) is 4.34. The molecule has 1 aliphatic heterocycles. The summed E-state index contributed by atoms with van der Waals surface area (Å²) in [5, 5.41) is 2.15. The number of unbranched alkanes of at least 4 members (excludes halogenated alkanes) is 1. The van der Waals surface area contributed by atoms with Gasteiger partial charge < -0.3 is 19.5 Å². The third-order valence-electron chi connectivity index (χ3n) is 7.79. The molecule has 176 valence electrons. The van der Waals surface area contributed by atoms with E-state index in [1.165, 1.54) is 0 Å². The Bertz CT molecular complexity index is 979. The zero-order valence-corrected chi connectivity index (χ0v) is 22.8. The van der Waals surface area contributed by atoms with Crippen molar-refractivity contribution >= 4 is 37.4 Å². The molecule has 2 N–H and O–H groups in total. The lowest BCUT2D eigenvalue weighted by Crippen LogP contribution is -2.47. The second-order valence-electron chi connectivity index (χ2n) is 11.7. The largest absolute Gasteiger partial charge is 0.543 e. The monoisotopic (exact) mass is 455 g/mol. The van der Waals surface area contributed by atoms with E-state index in [1.54, 1.807) is 0 Å². The summed E-state index contributed by atoms with van der Waals surface area (Å²) in [6.45, 7) is 22.0. The Hall–Kier alpha value is -1.50. The zero-order valence-electron chi connectivity index (χ0n) is 21.8. The van der Waals surface area contributed by atoms with Gasteiger partial charge in [-0.2, -0.15) is 0 Å². The van der Waals surface area contributed by atoms with E-state index in [0.29, 0.717) is 0 Å².